The molecule has 4 nitrogen and oxygen atoms in total. The van der Waals surface area contributed by atoms with Gasteiger partial charge >= 0.3 is 11.9 Å². The number of aryl methyl sites for hydroxylation is 1. The van der Waals surface area contributed by atoms with Crippen molar-refractivity contribution in [1.82, 2.24) is 0 Å². The number of carbonyl (C=O) groups is 2. The molecule has 0 saturated carbocycles. The predicted octanol–water partition coefficient (Wildman–Crippen LogP) is 2.28. The van der Waals surface area contributed by atoms with Crippen LogP contribution in [0.5, 0.6) is 0 Å². The third-order valence-electron chi connectivity index (χ3n) is 2.83. The highest BCUT2D eigenvalue weighted by molar-refractivity contribution is 5.95. The molecule has 0 N–H and O–H groups in total. The van der Waals surface area contributed by atoms with Crippen LogP contribution in [0.15, 0.2) is 24.3 Å². The van der Waals surface area contributed by atoms with Gasteiger partial charge in [-0.15, -0.1) is 0 Å². The number of esters is 2. The lowest BCUT2D eigenvalue weighted by Gasteiger charge is -2.15. The number of carbonyl (C=O) groups excluding carboxylic acids is 2. The van der Waals surface area contributed by atoms with Crippen LogP contribution in [-0.2, 0) is 25.5 Å². The second kappa shape index (κ2) is 7.56. The largest absolute Gasteiger partial charge is 0.465 e. The van der Waals surface area contributed by atoms with E-state index in [1.54, 1.807) is 13.8 Å². The van der Waals surface area contributed by atoms with Gasteiger partial charge in [0.15, 0.2) is 5.92 Å². The molecule has 0 radical (unpaired) electrons. The Kier molecular flexibility index (Phi) is 6.06. The second-order valence-corrected chi connectivity index (χ2v) is 4.19. The summed E-state index contributed by atoms with van der Waals surface area (Å²) in [7, 11) is 0. The first kappa shape index (κ1) is 15.2. The average molecular weight is 264 g/mol. The number of hydrogen-bond acceptors (Lipinski definition) is 4. The van der Waals surface area contributed by atoms with Gasteiger partial charge in [-0.2, -0.15) is 0 Å². The molecule has 0 aliphatic carbocycles. The SMILES string of the molecule is CCOC(=O)C(Cc1ccccc1C)C(=O)OCC. The summed E-state index contributed by atoms with van der Waals surface area (Å²) in [6.07, 6.45) is 0.310. The van der Waals surface area contributed by atoms with Gasteiger partial charge in [0, 0.05) is 0 Å². The molecular formula is C15H20O4. The standard InChI is InChI=1S/C15H20O4/c1-4-18-14(16)13(15(17)19-5-2)10-12-9-7-6-8-11(12)3/h6-9,13H,4-5,10H2,1-3H3. The first-order chi connectivity index (χ1) is 9.10. The van der Waals surface area contributed by atoms with Gasteiger partial charge in [-0.25, -0.2) is 0 Å². The molecule has 0 aliphatic rings. The highest BCUT2D eigenvalue weighted by Crippen LogP contribution is 2.16. The summed E-state index contributed by atoms with van der Waals surface area (Å²) in [6, 6.07) is 7.65. The van der Waals surface area contributed by atoms with E-state index < -0.39 is 17.9 Å². The van der Waals surface area contributed by atoms with Gasteiger partial charge in [-0.3, -0.25) is 9.59 Å². The summed E-state index contributed by atoms with van der Waals surface area (Å²) in [5.74, 6) is -1.94. The molecule has 4 heteroatoms. The predicted molar refractivity (Wildman–Crippen MR) is 71.6 cm³/mol. The minimum Gasteiger partial charge on any atom is -0.465 e. The van der Waals surface area contributed by atoms with Crippen LogP contribution in [0, 0.1) is 12.8 Å². The van der Waals surface area contributed by atoms with Crippen molar-refractivity contribution in [1.29, 1.82) is 0 Å². The van der Waals surface area contributed by atoms with E-state index in [1.807, 2.05) is 31.2 Å². The molecule has 0 saturated heterocycles. The molecule has 0 amide bonds. The quantitative estimate of drug-likeness (QED) is 0.584. The van der Waals surface area contributed by atoms with Crippen LogP contribution in [-0.4, -0.2) is 25.2 Å². The molecule has 0 bridgehead atoms. The summed E-state index contributed by atoms with van der Waals surface area (Å²) in [6.45, 7) is 5.88. The first-order valence-corrected chi connectivity index (χ1v) is 6.47. The maximum atomic E-state index is 11.9. The minimum atomic E-state index is -0.888. The highest BCUT2D eigenvalue weighted by atomic mass is 16.6. The van der Waals surface area contributed by atoms with Crippen molar-refractivity contribution in [3.8, 4) is 0 Å². The zero-order valence-electron chi connectivity index (χ0n) is 11.6. The van der Waals surface area contributed by atoms with Crippen molar-refractivity contribution in [3.63, 3.8) is 0 Å². The summed E-state index contributed by atoms with van der Waals surface area (Å²) < 4.78 is 9.89. The molecule has 19 heavy (non-hydrogen) atoms. The number of rotatable bonds is 6. The van der Waals surface area contributed by atoms with E-state index in [1.165, 1.54) is 0 Å². The molecule has 0 unspecified atom stereocenters. The molecule has 0 fully saturated rings. The van der Waals surface area contributed by atoms with Crippen LogP contribution < -0.4 is 0 Å². The fourth-order valence-corrected chi connectivity index (χ4v) is 1.81. The summed E-state index contributed by atoms with van der Waals surface area (Å²) in [5.41, 5.74) is 2.00. The van der Waals surface area contributed by atoms with Crippen LogP contribution in [0.3, 0.4) is 0 Å². The van der Waals surface area contributed by atoms with Gasteiger partial charge in [0.25, 0.3) is 0 Å². The third kappa shape index (κ3) is 4.39. The van der Waals surface area contributed by atoms with Crippen LogP contribution in [0.1, 0.15) is 25.0 Å². The van der Waals surface area contributed by atoms with E-state index in [0.29, 0.717) is 6.42 Å². The van der Waals surface area contributed by atoms with E-state index in [4.69, 9.17) is 9.47 Å². The lowest BCUT2D eigenvalue weighted by molar-refractivity contribution is -0.161. The Morgan fingerprint density at radius 1 is 1.05 bits per heavy atom. The van der Waals surface area contributed by atoms with Gasteiger partial charge in [0.1, 0.15) is 0 Å². The highest BCUT2D eigenvalue weighted by Gasteiger charge is 2.30. The number of hydrogen-bond donors (Lipinski definition) is 0. The van der Waals surface area contributed by atoms with Gasteiger partial charge in [-0.05, 0) is 38.3 Å². The maximum absolute atomic E-state index is 11.9. The number of ether oxygens (including phenoxy) is 2. The second-order valence-electron chi connectivity index (χ2n) is 4.19. The Hall–Kier alpha value is -1.84. The summed E-state index contributed by atoms with van der Waals surface area (Å²) in [4.78, 5) is 23.7. The molecular weight excluding hydrogens is 244 g/mol. The Bertz CT molecular complexity index is 422. The fraction of sp³-hybridized carbons (Fsp3) is 0.467. The van der Waals surface area contributed by atoms with Crippen LogP contribution >= 0.6 is 0 Å². The minimum absolute atomic E-state index is 0.252. The molecule has 0 aromatic heterocycles. The molecule has 1 aromatic carbocycles. The third-order valence-corrected chi connectivity index (χ3v) is 2.83. The van der Waals surface area contributed by atoms with Crippen molar-refractivity contribution < 1.29 is 19.1 Å². The molecule has 0 aliphatic heterocycles. The normalized spacial score (nSPS) is 10.3. The van der Waals surface area contributed by atoms with E-state index in [9.17, 15) is 9.59 Å². The van der Waals surface area contributed by atoms with Crippen molar-refractivity contribution in [2.24, 2.45) is 5.92 Å². The Balaban J connectivity index is 2.88. The zero-order valence-corrected chi connectivity index (χ0v) is 11.6. The van der Waals surface area contributed by atoms with E-state index in [0.717, 1.165) is 11.1 Å². The summed E-state index contributed by atoms with van der Waals surface area (Å²) in [5, 5.41) is 0. The average Bonchev–Trinajstić information content (AvgIpc) is 2.38. The molecule has 1 rings (SSSR count). The lowest BCUT2D eigenvalue weighted by atomic mass is 9.96. The van der Waals surface area contributed by atoms with Crippen LogP contribution in [0.4, 0.5) is 0 Å². The number of benzene rings is 1. The van der Waals surface area contributed by atoms with E-state index in [-0.39, 0.29) is 13.2 Å². The summed E-state index contributed by atoms with van der Waals surface area (Å²) >= 11 is 0. The van der Waals surface area contributed by atoms with Crippen LogP contribution in [0.2, 0.25) is 0 Å². The van der Waals surface area contributed by atoms with Gasteiger partial charge < -0.3 is 9.47 Å². The molecule has 0 heterocycles. The fourth-order valence-electron chi connectivity index (χ4n) is 1.81. The van der Waals surface area contributed by atoms with E-state index in [2.05, 4.69) is 0 Å². The van der Waals surface area contributed by atoms with Crippen molar-refractivity contribution >= 4 is 11.9 Å². The van der Waals surface area contributed by atoms with Gasteiger partial charge in [-0.1, -0.05) is 24.3 Å². The van der Waals surface area contributed by atoms with Crippen molar-refractivity contribution in [2.45, 2.75) is 27.2 Å². The zero-order chi connectivity index (χ0) is 14.3. The monoisotopic (exact) mass is 264 g/mol. The lowest BCUT2D eigenvalue weighted by Crippen LogP contribution is -2.30. The van der Waals surface area contributed by atoms with Crippen molar-refractivity contribution in [2.75, 3.05) is 13.2 Å². The van der Waals surface area contributed by atoms with E-state index >= 15 is 0 Å². The Morgan fingerprint density at radius 2 is 1.58 bits per heavy atom. The molecule has 0 spiro atoms. The Labute approximate surface area is 113 Å². The molecule has 104 valence electrons. The maximum Gasteiger partial charge on any atom is 0.320 e. The van der Waals surface area contributed by atoms with Crippen LogP contribution in [0.25, 0.3) is 0 Å². The smallest absolute Gasteiger partial charge is 0.320 e. The van der Waals surface area contributed by atoms with Crippen molar-refractivity contribution in [3.05, 3.63) is 35.4 Å². The van der Waals surface area contributed by atoms with Gasteiger partial charge in [0.05, 0.1) is 13.2 Å². The molecule has 0 atom stereocenters. The van der Waals surface area contributed by atoms with Gasteiger partial charge in [0.2, 0.25) is 0 Å². The Morgan fingerprint density at radius 3 is 2.05 bits per heavy atom. The topological polar surface area (TPSA) is 52.6 Å². The first-order valence-electron chi connectivity index (χ1n) is 6.47. The molecule has 1 aromatic rings.